The van der Waals surface area contributed by atoms with Crippen molar-refractivity contribution in [1.29, 1.82) is 0 Å². The summed E-state index contributed by atoms with van der Waals surface area (Å²) in [6.07, 6.45) is 2.58. The van der Waals surface area contributed by atoms with Crippen molar-refractivity contribution in [1.82, 2.24) is 5.32 Å². The van der Waals surface area contributed by atoms with Gasteiger partial charge in [-0.3, -0.25) is 4.79 Å². The first-order chi connectivity index (χ1) is 12.8. The highest BCUT2D eigenvalue weighted by molar-refractivity contribution is 5.95. The van der Waals surface area contributed by atoms with E-state index in [4.69, 9.17) is 14.2 Å². The van der Waals surface area contributed by atoms with Crippen molar-refractivity contribution in [2.45, 2.75) is 6.42 Å². The van der Waals surface area contributed by atoms with Crippen molar-refractivity contribution in [3.63, 3.8) is 0 Å². The van der Waals surface area contributed by atoms with Crippen LogP contribution in [0.5, 0.6) is 17.2 Å². The molecular formula is C21H19NO4. The lowest BCUT2D eigenvalue weighted by atomic mass is 10.1. The first-order valence-corrected chi connectivity index (χ1v) is 8.23. The van der Waals surface area contributed by atoms with E-state index in [0.29, 0.717) is 17.1 Å². The van der Waals surface area contributed by atoms with E-state index in [1.165, 1.54) is 0 Å². The van der Waals surface area contributed by atoms with Crippen LogP contribution in [0.3, 0.4) is 0 Å². The van der Waals surface area contributed by atoms with E-state index in [0.717, 1.165) is 17.7 Å². The Labute approximate surface area is 152 Å². The number of benzene rings is 2. The van der Waals surface area contributed by atoms with Crippen LogP contribution in [0, 0.1) is 11.8 Å². The lowest BCUT2D eigenvalue weighted by molar-refractivity contribution is 0.0958. The Hall–Kier alpha value is -3.39. The number of carbonyl (C=O) groups excluding carboxylic acids is 1. The molecule has 0 saturated heterocycles. The SMILES string of the molecule is C=CCc1ccccc1OCC#CCNC(=O)c1ccc2c(c1)OCO2. The second-order valence-corrected chi connectivity index (χ2v) is 5.49. The largest absolute Gasteiger partial charge is 0.481 e. The summed E-state index contributed by atoms with van der Waals surface area (Å²) in [4.78, 5) is 12.1. The Morgan fingerprint density at radius 3 is 2.92 bits per heavy atom. The molecule has 0 radical (unpaired) electrons. The second-order valence-electron chi connectivity index (χ2n) is 5.49. The van der Waals surface area contributed by atoms with Crippen molar-refractivity contribution >= 4 is 5.91 Å². The quantitative estimate of drug-likeness (QED) is 0.643. The molecule has 5 nitrogen and oxygen atoms in total. The van der Waals surface area contributed by atoms with Crippen LogP contribution >= 0.6 is 0 Å². The molecule has 5 heteroatoms. The number of hydrogen-bond donors (Lipinski definition) is 1. The van der Waals surface area contributed by atoms with Gasteiger partial charge in [0.25, 0.3) is 5.91 Å². The number of nitrogens with one attached hydrogen (secondary N) is 1. The van der Waals surface area contributed by atoms with Crippen molar-refractivity contribution in [2.24, 2.45) is 0 Å². The minimum absolute atomic E-state index is 0.182. The molecule has 132 valence electrons. The van der Waals surface area contributed by atoms with Crippen LogP contribution in [0.4, 0.5) is 0 Å². The molecular weight excluding hydrogens is 330 g/mol. The zero-order valence-electron chi connectivity index (χ0n) is 14.3. The summed E-state index contributed by atoms with van der Waals surface area (Å²) in [6, 6.07) is 12.8. The van der Waals surface area contributed by atoms with Crippen molar-refractivity contribution in [3.05, 3.63) is 66.2 Å². The van der Waals surface area contributed by atoms with E-state index in [9.17, 15) is 4.79 Å². The number of amides is 1. The van der Waals surface area contributed by atoms with E-state index in [1.807, 2.05) is 30.3 Å². The number of fused-ring (bicyclic) bond motifs is 1. The number of carbonyl (C=O) groups is 1. The molecule has 0 fully saturated rings. The van der Waals surface area contributed by atoms with Gasteiger partial charge in [0.05, 0.1) is 6.54 Å². The molecule has 0 saturated carbocycles. The normalized spacial score (nSPS) is 11.2. The van der Waals surface area contributed by atoms with Crippen LogP contribution in [0.2, 0.25) is 0 Å². The van der Waals surface area contributed by atoms with Gasteiger partial charge in [0.2, 0.25) is 6.79 Å². The van der Waals surface area contributed by atoms with Gasteiger partial charge in [-0.05, 0) is 36.2 Å². The molecule has 1 N–H and O–H groups in total. The van der Waals surface area contributed by atoms with Gasteiger partial charge in [-0.1, -0.05) is 36.1 Å². The van der Waals surface area contributed by atoms with Gasteiger partial charge in [0.15, 0.2) is 11.5 Å². The summed E-state index contributed by atoms with van der Waals surface area (Å²) in [5, 5.41) is 2.74. The Kier molecular flexibility index (Phi) is 5.79. The molecule has 0 aliphatic carbocycles. The van der Waals surface area contributed by atoms with E-state index in [1.54, 1.807) is 18.2 Å². The molecule has 0 spiro atoms. The van der Waals surface area contributed by atoms with Crippen molar-refractivity contribution in [2.75, 3.05) is 19.9 Å². The van der Waals surface area contributed by atoms with Gasteiger partial charge < -0.3 is 19.5 Å². The van der Waals surface area contributed by atoms with Gasteiger partial charge in [0, 0.05) is 5.56 Å². The van der Waals surface area contributed by atoms with E-state index < -0.39 is 0 Å². The molecule has 1 amide bonds. The van der Waals surface area contributed by atoms with Crippen LogP contribution in [0.1, 0.15) is 15.9 Å². The second kappa shape index (κ2) is 8.63. The molecule has 2 aromatic carbocycles. The topological polar surface area (TPSA) is 56.8 Å². The molecule has 0 atom stereocenters. The fourth-order valence-electron chi connectivity index (χ4n) is 2.46. The van der Waals surface area contributed by atoms with Crippen LogP contribution in [-0.4, -0.2) is 25.9 Å². The average molecular weight is 349 g/mol. The predicted octanol–water partition coefficient (Wildman–Crippen LogP) is 2.96. The first kappa shape index (κ1) is 17.4. The number of ether oxygens (including phenoxy) is 3. The number of hydrogen-bond acceptors (Lipinski definition) is 4. The molecule has 1 aliphatic heterocycles. The molecule has 3 rings (SSSR count). The first-order valence-electron chi connectivity index (χ1n) is 8.23. The third-order valence-electron chi connectivity index (χ3n) is 3.73. The fraction of sp³-hybridized carbons (Fsp3) is 0.190. The highest BCUT2D eigenvalue weighted by Gasteiger charge is 2.15. The van der Waals surface area contributed by atoms with Crippen LogP contribution in [-0.2, 0) is 6.42 Å². The number of para-hydroxylation sites is 1. The summed E-state index contributed by atoms with van der Waals surface area (Å²) in [7, 11) is 0. The molecule has 1 heterocycles. The van der Waals surface area contributed by atoms with E-state index in [2.05, 4.69) is 23.7 Å². The molecule has 1 aliphatic rings. The lowest BCUT2D eigenvalue weighted by Crippen LogP contribution is -2.23. The maximum absolute atomic E-state index is 12.1. The average Bonchev–Trinajstić information content (AvgIpc) is 3.13. The fourth-order valence-corrected chi connectivity index (χ4v) is 2.46. The number of rotatable bonds is 6. The minimum atomic E-state index is -0.213. The van der Waals surface area contributed by atoms with Gasteiger partial charge in [0.1, 0.15) is 12.4 Å². The van der Waals surface area contributed by atoms with Gasteiger partial charge in [-0.25, -0.2) is 0 Å². The molecule has 0 aromatic heterocycles. The Balaban J connectivity index is 1.46. The van der Waals surface area contributed by atoms with Crippen LogP contribution in [0.15, 0.2) is 55.1 Å². The highest BCUT2D eigenvalue weighted by atomic mass is 16.7. The zero-order valence-corrected chi connectivity index (χ0v) is 14.3. The Morgan fingerprint density at radius 2 is 2.04 bits per heavy atom. The Morgan fingerprint density at radius 1 is 1.19 bits per heavy atom. The van der Waals surface area contributed by atoms with Gasteiger partial charge in [-0.15, -0.1) is 6.58 Å². The molecule has 2 aromatic rings. The third-order valence-corrected chi connectivity index (χ3v) is 3.73. The van der Waals surface area contributed by atoms with E-state index >= 15 is 0 Å². The molecule has 0 unspecified atom stereocenters. The maximum atomic E-state index is 12.1. The standard InChI is InChI=1S/C21H19NO4/c1-2-7-16-8-3-4-9-18(16)24-13-6-5-12-22-21(23)17-10-11-19-20(14-17)26-15-25-19/h2-4,8-11,14H,1,7,12-13,15H2,(H,22,23). The number of allylic oxidation sites excluding steroid dienone is 1. The summed E-state index contributed by atoms with van der Waals surface area (Å²) in [6.45, 7) is 4.42. The summed E-state index contributed by atoms with van der Waals surface area (Å²) >= 11 is 0. The third kappa shape index (κ3) is 4.37. The van der Waals surface area contributed by atoms with Crippen molar-refractivity contribution in [3.8, 4) is 29.1 Å². The molecule has 0 bridgehead atoms. The van der Waals surface area contributed by atoms with Crippen LogP contribution < -0.4 is 19.5 Å². The van der Waals surface area contributed by atoms with Gasteiger partial charge >= 0.3 is 0 Å². The predicted molar refractivity (Wildman–Crippen MR) is 98.5 cm³/mol. The summed E-state index contributed by atoms with van der Waals surface area (Å²) in [5.41, 5.74) is 1.58. The lowest BCUT2D eigenvalue weighted by Gasteiger charge is -2.07. The maximum Gasteiger partial charge on any atom is 0.252 e. The van der Waals surface area contributed by atoms with Crippen molar-refractivity contribution < 1.29 is 19.0 Å². The summed E-state index contributed by atoms with van der Waals surface area (Å²) in [5.74, 6) is 7.58. The monoisotopic (exact) mass is 349 g/mol. The highest BCUT2D eigenvalue weighted by Crippen LogP contribution is 2.32. The van der Waals surface area contributed by atoms with Gasteiger partial charge in [-0.2, -0.15) is 0 Å². The van der Waals surface area contributed by atoms with E-state index in [-0.39, 0.29) is 25.9 Å². The molecule has 26 heavy (non-hydrogen) atoms. The smallest absolute Gasteiger partial charge is 0.252 e. The Bertz CT molecular complexity index is 864. The zero-order chi connectivity index (χ0) is 18.2. The summed E-state index contributed by atoms with van der Waals surface area (Å²) < 4.78 is 16.2. The van der Waals surface area contributed by atoms with Crippen LogP contribution in [0.25, 0.3) is 0 Å². The minimum Gasteiger partial charge on any atom is -0.481 e.